The molecule has 10 aromatic carbocycles. The molecule has 0 radical (unpaired) electrons. The van der Waals surface area contributed by atoms with Gasteiger partial charge in [-0.1, -0.05) is 169 Å². The van der Waals surface area contributed by atoms with E-state index in [2.05, 4.69) is 258 Å². The van der Waals surface area contributed by atoms with Gasteiger partial charge in [-0.25, -0.2) is 0 Å². The van der Waals surface area contributed by atoms with Gasteiger partial charge in [-0.3, -0.25) is 29.9 Å². The van der Waals surface area contributed by atoms with Crippen LogP contribution in [0.2, 0.25) is 0 Å². The first-order valence-corrected chi connectivity index (χ1v) is 29.9. The minimum Gasteiger partial charge on any atom is -0.321 e. The molecule has 6 heterocycles. The Morgan fingerprint density at radius 1 is 0.273 bits per heavy atom. The van der Waals surface area contributed by atoms with E-state index < -0.39 is 0 Å². The maximum Gasteiger partial charge on any atom is 3.00 e. The van der Waals surface area contributed by atoms with Gasteiger partial charge in [0, 0.05) is 16.2 Å². The molecule has 16 aromatic rings. The monoisotopic (exact) mass is 1320 g/mol. The summed E-state index contributed by atoms with van der Waals surface area (Å²) in [4.78, 5) is 31.8. The fourth-order valence-electron chi connectivity index (χ4n) is 13.0. The molecule has 426 valence electrons. The van der Waals surface area contributed by atoms with E-state index in [9.17, 15) is 0 Å². The second-order valence-electron chi connectivity index (χ2n) is 26.2. The van der Waals surface area contributed by atoms with Crippen molar-refractivity contribution in [2.24, 2.45) is 0 Å². The van der Waals surface area contributed by atoms with Crippen LogP contribution < -0.4 is 0 Å². The number of fused-ring (bicyclic) bond motifs is 15. The summed E-state index contributed by atoms with van der Waals surface area (Å²) in [6.07, 6.45) is 0. The zero-order valence-electron chi connectivity index (χ0n) is 50.4. The van der Waals surface area contributed by atoms with E-state index in [1.807, 2.05) is 36.4 Å². The minimum atomic E-state index is -0.243. The third-order valence-corrected chi connectivity index (χ3v) is 17.0. The van der Waals surface area contributed by atoms with Crippen molar-refractivity contribution in [3.63, 3.8) is 0 Å². The first-order valence-electron chi connectivity index (χ1n) is 29.9. The summed E-state index contributed by atoms with van der Waals surface area (Å²) < 4.78 is 6.70. The van der Waals surface area contributed by atoms with Crippen molar-refractivity contribution in [2.75, 3.05) is 0 Å². The van der Waals surface area contributed by atoms with Gasteiger partial charge in [-0.15, -0.1) is 72.8 Å². The van der Waals surface area contributed by atoms with Crippen LogP contribution in [0.1, 0.15) is 79.8 Å². The molecule has 6 aromatic heterocycles. The van der Waals surface area contributed by atoms with Crippen LogP contribution >= 0.6 is 0 Å². The summed E-state index contributed by atoms with van der Waals surface area (Å²) >= 11 is 0. The van der Waals surface area contributed by atoms with Crippen molar-refractivity contribution < 1.29 is 20.1 Å². The standard InChI is InChI=1S/C78H60N9.Ir/c1-76(2,3)73-82-61-31-19-16-28-58(61)70-79-64-43-46(34-37-67(64)85(70)73)52-22-10-13-25-55(52)49-40-50(56-26-14-11-23-53(56)47-35-38-68-65(44-47)80-71-59-29-17-20-32-62(59)83-74(86(68)71)77(4,5)6)42-51(41-49)57-27-15-12-24-54(57)48-36-39-69-66(45-48)81-72-60-30-18-21-33-63(60)84-75(87(69)72)78(7,8)9;/h10-27,31-45H,1-9H3;/q-3;+3. The Hall–Kier alpha value is -9.73. The van der Waals surface area contributed by atoms with Gasteiger partial charge in [0.25, 0.3) is 0 Å². The maximum atomic E-state index is 5.38. The van der Waals surface area contributed by atoms with Crippen LogP contribution in [-0.2, 0) is 36.4 Å². The summed E-state index contributed by atoms with van der Waals surface area (Å²) in [5, 5.41) is 2.72. The molecule has 88 heavy (non-hydrogen) atoms. The van der Waals surface area contributed by atoms with Crippen LogP contribution in [0.15, 0.2) is 200 Å². The second-order valence-corrected chi connectivity index (χ2v) is 26.2. The van der Waals surface area contributed by atoms with Crippen molar-refractivity contribution in [3.05, 3.63) is 236 Å². The molecule has 0 saturated heterocycles. The van der Waals surface area contributed by atoms with Crippen molar-refractivity contribution >= 4 is 82.8 Å². The molecular formula is C78H60IrN9. The van der Waals surface area contributed by atoms with Crippen molar-refractivity contribution in [3.8, 4) is 66.8 Å². The Morgan fingerprint density at radius 2 is 0.534 bits per heavy atom. The van der Waals surface area contributed by atoms with E-state index in [4.69, 9.17) is 29.9 Å². The van der Waals surface area contributed by atoms with Gasteiger partial charge in [0.15, 0.2) is 0 Å². The Labute approximate surface area is 523 Å². The topological polar surface area (TPSA) is 90.6 Å². The molecule has 0 bridgehead atoms. The van der Waals surface area contributed by atoms with E-state index in [0.717, 1.165) is 167 Å². The number of hydrogen-bond donors (Lipinski definition) is 0. The van der Waals surface area contributed by atoms with Gasteiger partial charge in [-0.05, 0) is 138 Å². The predicted octanol–water partition coefficient (Wildman–Crippen LogP) is 19.0. The summed E-state index contributed by atoms with van der Waals surface area (Å²) in [5.74, 6) is 2.88. The Balaban J connectivity index is 0.00000650. The molecule has 0 spiro atoms. The fraction of sp³-hybridized carbons (Fsp3) is 0.154. The van der Waals surface area contributed by atoms with Crippen molar-refractivity contribution in [1.82, 2.24) is 43.1 Å². The molecule has 0 unspecified atom stereocenters. The van der Waals surface area contributed by atoms with Gasteiger partial charge < -0.3 is 13.2 Å². The zero-order chi connectivity index (χ0) is 59.3. The number of imidazole rings is 3. The number of aromatic nitrogens is 9. The molecule has 10 heteroatoms. The number of benzene rings is 10. The summed E-state index contributed by atoms with van der Waals surface area (Å²) in [6.45, 7) is 19.9. The van der Waals surface area contributed by atoms with Crippen LogP contribution in [-0.4, -0.2) is 43.1 Å². The SMILES string of the molecule is CC(C)(C)c1nc2ccc[c-]c2c2nc3cc(-c4ccccc4-c4cc(-c5ccccc5-c5ccc6c(c5)nc5c7[c-]cccc7nc(C(C)(C)C)n65)cc(-c5ccccc5-c5ccc6c(c5)nc5c7[c-]cccc7nc(C(C)(C)C)n65)c4)ccc3n12.[Ir+3]. The van der Waals surface area contributed by atoms with E-state index in [0.29, 0.717) is 0 Å². The molecule has 0 N–H and O–H groups in total. The quantitative estimate of drug-likeness (QED) is 0.154. The van der Waals surface area contributed by atoms with Gasteiger partial charge in [-0.2, -0.15) is 0 Å². The number of rotatable bonds is 6. The second kappa shape index (κ2) is 20.2. The van der Waals surface area contributed by atoms with Crippen LogP contribution in [0, 0.1) is 18.2 Å². The third kappa shape index (κ3) is 8.83. The van der Waals surface area contributed by atoms with E-state index >= 15 is 0 Å². The minimum absolute atomic E-state index is 0. The largest absolute Gasteiger partial charge is 3.00 e. The average Bonchev–Trinajstić information content (AvgIpc) is 2.29. The van der Waals surface area contributed by atoms with Crippen LogP contribution in [0.3, 0.4) is 0 Å². The van der Waals surface area contributed by atoms with Gasteiger partial charge in [0.05, 0.1) is 50.0 Å². The molecule has 0 saturated carbocycles. The number of hydrogen-bond acceptors (Lipinski definition) is 6. The molecule has 0 aliphatic heterocycles. The van der Waals surface area contributed by atoms with Gasteiger partial charge >= 0.3 is 20.1 Å². The third-order valence-electron chi connectivity index (χ3n) is 17.0. The first kappa shape index (κ1) is 54.9. The van der Waals surface area contributed by atoms with E-state index in [1.165, 1.54) is 0 Å². The van der Waals surface area contributed by atoms with Crippen molar-refractivity contribution in [2.45, 2.75) is 78.6 Å². The van der Waals surface area contributed by atoms with Crippen LogP contribution in [0.4, 0.5) is 0 Å². The van der Waals surface area contributed by atoms with Crippen molar-refractivity contribution in [1.29, 1.82) is 0 Å². The molecule has 0 atom stereocenters. The zero-order valence-corrected chi connectivity index (χ0v) is 52.8. The molecule has 16 rings (SSSR count). The maximum absolute atomic E-state index is 5.38. The Bertz CT molecular complexity index is 4990. The van der Waals surface area contributed by atoms with Crippen LogP contribution in [0.5, 0.6) is 0 Å². The van der Waals surface area contributed by atoms with E-state index in [-0.39, 0.29) is 36.4 Å². The molecule has 0 aliphatic rings. The molecular weight excluding hydrogens is 1260 g/mol. The summed E-state index contributed by atoms with van der Waals surface area (Å²) in [6, 6.07) is 81.9. The number of nitrogens with zero attached hydrogens (tertiary/aromatic N) is 9. The summed E-state index contributed by atoms with van der Waals surface area (Å²) in [7, 11) is 0. The smallest absolute Gasteiger partial charge is 0.321 e. The summed E-state index contributed by atoms with van der Waals surface area (Å²) in [5.41, 5.74) is 23.3. The Kier molecular flexibility index (Phi) is 12.6. The van der Waals surface area contributed by atoms with E-state index in [1.54, 1.807) is 0 Å². The normalized spacial score (nSPS) is 12.5. The molecule has 0 fully saturated rings. The average molecular weight is 1320 g/mol. The molecule has 0 amide bonds. The Morgan fingerprint density at radius 3 is 0.795 bits per heavy atom. The predicted molar refractivity (Wildman–Crippen MR) is 356 cm³/mol. The fourth-order valence-corrected chi connectivity index (χ4v) is 13.0. The van der Waals surface area contributed by atoms with Gasteiger partial charge in [0.1, 0.15) is 17.5 Å². The van der Waals surface area contributed by atoms with Gasteiger partial charge in [0.2, 0.25) is 0 Å². The first-order chi connectivity index (χ1) is 42.0. The molecule has 0 aliphatic carbocycles. The van der Waals surface area contributed by atoms with Crippen LogP contribution in [0.25, 0.3) is 150 Å². The molecule has 9 nitrogen and oxygen atoms in total.